The van der Waals surface area contributed by atoms with Gasteiger partial charge in [0.05, 0.1) is 6.61 Å². The van der Waals surface area contributed by atoms with Crippen molar-refractivity contribution in [2.45, 2.75) is 12.1 Å². The molecule has 0 spiro atoms. The molecule has 2 atom stereocenters. The van der Waals surface area contributed by atoms with E-state index in [0.29, 0.717) is 13.1 Å². The number of benzene rings is 1. The molecule has 1 saturated heterocycles. The molecule has 19 heavy (non-hydrogen) atoms. The van der Waals surface area contributed by atoms with Crippen molar-refractivity contribution in [3.05, 3.63) is 35.9 Å². The highest BCUT2D eigenvalue weighted by Gasteiger charge is 2.35. The van der Waals surface area contributed by atoms with Crippen LogP contribution in [0.3, 0.4) is 0 Å². The van der Waals surface area contributed by atoms with Gasteiger partial charge in [-0.2, -0.15) is 0 Å². The quantitative estimate of drug-likeness (QED) is 0.652. The minimum absolute atomic E-state index is 0.226. The molecule has 2 amide bonds. The summed E-state index contributed by atoms with van der Waals surface area (Å²) < 4.78 is 0. The molecule has 1 aromatic carbocycles. The average Bonchev–Trinajstić information content (AvgIpc) is 2.46. The molecule has 1 aliphatic heterocycles. The van der Waals surface area contributed by atoms with Crippen molar-refractivity contribution in [2.24, 2.45) is 5.73 Å². The SMILES string of the molecule is NC(CO)C(=O)N1CCNC(=O)C1c1ccccc1. The molecule has 0 aliphatic carbocycles. The summed E-state index contributed by atoms with van der Waals surface area (Å²) in [5.74, 6) is -0.637. The second-order valence-electron chi connectivity index (χ2n) is 4.42. The van der Waals surface area contributed by atoms with Crippen LogP contribution in [0.5, 0.6) is 0 Å². The van der Waals surface area contributed by atoms with E-state index < -0.39 is 24.6 Å². The first kappa shape index (κ1) is 13.5. The summed E-state index contributed by atoms with van der Waals surface area (Å²) in [6.45, 7) is 0.350. The minimum Gasteiger partial charge on any atom is -0.394 e. The topological polar surface area (TPSA) is 95.7 Å². The zero-order valence-corrected chi connectivity index (χ0v) is 10.5. The summed E-state index contributed by atoms with van der Waals surface area (Å²) in [5.41, 5.74) is 6.29. The Hall–Kier alpha value is -1.92. The highest BCUT2D eigenvalue weighted by molar-refractivity contribution is 5.91. The van der Waals surface area contributed by atoms with Crippen LogP contribution < -0.4 is 11.1 Å². The van der Waals surface area contributed by atoms with Crippen molar-refractivity contribution >= 4 is 11.8 Å². The van der Waals surface area contributed by atoms with E-state index in [9.17, 15) is 9.59 Å². The maximum absolute atomic E-state index is 12.1. The Morgan fingerprint density at radius 1 is 1.47 bits per heavy atom. The Morgan fingerprint density at radius 3 is 2.79 bits per heavy atom. The minimum atomic E-state index is -0.989. The molecule has 1 aromatic rings. The van der Waals surface area contributed by atoms with Crippen LogP contribution in [0.25, 0.3) is 0 Å². The van der Waals surface area contributed by atoms with Crippen LogP contribution in [-0.4, -0.2) is 47.6 Å². The van der Waals surface area contributed by atoms with Gasteiger partial charge in [-0.1, -0.05) is 30.3 Å². The molecule has 0 aromatic heterocycles. The molecule has 4 N–H and O–H groups in total. The monoisotopic (exact) mass is 263 g/mol. The zero-order chi connectivity index (χ0) is 13.8. The molecule has 0 bridgehead atoms. The molecule has 0 saturated carbocycles. The van der Waals surface area contributed by atoms with Crippen LogP contribution in [0.4, 0.5) is 0 Å². The Kier molecular flexibility index (Phi) is 4.13. The first-order valence-corrected chi connectivity index (χ1v) is 6.14. The van der Waals surface area contributed by atoms with E-state index in [0.717, 1.165) is 5.56 Å². The van der Waals surface area contributed by atoms with E-state index in [4.69, 9.17) is 10.8 Å². The lowest BCUT2D eigenvalue weighted by atomic mass is 10.0. The van der Waals surface area contributed by atoms with E-state index in [1.807, 2.05) is 18.2 Å². The summed E-state index contributed by atoms with van der Waals surface area (Å²) in [5, 5.41) is 11.7. The third-order valence-corrected chi connectivity index (χ3v) is 3.12. The number of amides is 2. The zero-order valence-electron chi connectivity index (χ0n) is 10.5. The highest BCUT2D eigenvalue weighted by atomic mass is 16.3. The summed E-state index contributed by atoms with van der Waals surface area (Å²) in [6.07, 6.45) is 0. The van der Waals surface area contributed by atoms with Crippen molar-refractivity contribution < 1.29 is 14.7 Å². The molecule has 102 valence electrons. The first-order chi connectivity index (χ1) is 9.15. The fraction of sp³-hybridized carbons (Fsp3) is 0.385. The highest BCUT2D eigenvalue weighted by Crippen LogP contribution is 2.23. The van der Waals surface area contributed by atoms with Crippen molar-refractivity contribution in [2.75, 3.05) is 19.7 Å². The normalized spacial score (nSPS) is 20.8. The lowest BCUT2D eigenvalue weighted by Crippen LogP contribution is -2.56. The van der Waals surface area contributed by atoms with Crippen molar-refractivity contribution in [1.82, 2.24) is 10.2 Å². The van der Waals surface area contributed by atoms with Crippen LogP contribution in [0.2, 0.25) is 0 Å². The van der Waals surface area contributed by atoms with Gasteiger partial charge in [0.2, 0.25) is 11.8 Å². The van der Waals surface area contributed by atoms with E-state index in [-0.39, 0.29) is 5.91 Å². The number of carbonyl (C=O) groups is 2. The van der Waals surface area contributed by atoms with Crippen LogP contribution in [0.15, 0.2) is 30.3 Å². The van der Waals surface area contributed by atoms with Gasteiger partial charge in [0, 0.05) is 13.1 Å². The molecule has 6 nitrogen and oxygen atoms in total. The predicted molar refractivity (Wildman–Crippen MR) is 69.0 cm³/mol. The third-order valence-electron chi connectivity index (χ3n) is 3.12. The second kappa shape index (κ2) is 5.81. The summed E-state index contributed by atoms with van der Waals surface area (Å²) in [7, 11) is 0. The number of aliphatic hydroxyl groups is 1. The van der Waals surface area contributed by atoms with Crippen LogP contribution in [-0.2, 0) is 9.59 Å². The number of carbonyl (C=O) groups excluding carboxylic acids is 2. The van der Waals surface area contributed by atoms with Gasteiger partial charge in [-0.05, 0) is 5.56 Å². The van der Waals surface area contributed by atoms with Crippen LogP contribution in [0.1, 0.15) is 11.6 Å². The number of aliphatic hydroxyl groups excluding tert-OH is 1. The smallest absolute Gasteiger partial charge is 0.247 e. The summed E-state index contributed by atoms with van der Waals surface area (Å²) in [6, 6.07) is 7.38. The lowest BCUT2D eigenvalue weighted by Gasteiger charge is -2.36. The molecule has 1 aliphatic rings. The number of nitrogens with two attached hydrogens (primary N) is 1. The molecule has 2 rings (SSSR count). The molecule has 1 heterocycles. The standard InChI is InChI=1S/C13H17N3O3/c14-10(8-17)13(19)16-7-6-15-12(18)11(16)9-4-2-1-3-5-9/h1-5,10-11,17H,6-8,14H2,(H,15,18). The molecule has 2 unspecified atom stereocenters. The molecule has 1 fully saturated rings. The molecular weight excluding hydrogens is 246 g/mol. The van der Waals surface area contributed by atoms with Crippen LogP contribution >= 0.6 is 0 Å². The fourth-order valence-corrected chi connectivity index (χ4v) is 2.16. The van der Waals surface area contributed by atoms with Crippen molar-refractivity contribution in [1.29, 1.82) is 0 Å². The van der Waals surface area contributed by atoms with Gasteiger partial charge < -0.3 is 21.1 Å². The van der Waals surface area contributed by atoms with Gasteiger partial charge in [-0.15, -0.1) is 0 Å². The molecule has 0 radical (unpaired) electrons. The second-order valence-corrected chi connectivity index (χ2v) is 4.42. The Balaban J connectivity index is 2.30. The third kappa shape index (κ3) is 2.74. The largest absolute Gasteiger partial charge is 0.394 e. The van der Waals surface area contributed by atoms with E-state index >= 15 is 0 Å². The van der Waals surface area contributed by atoms with Crippen molar-refractivity contribution in [3.8, 4) is 0 Å². The van der Waals surface area contributed by atoms with Gasteiger partial charge in [-0.3, -0.25) is 9.59 Å². The Bertz CT molecular complexity index is 463. The van der Waals surface area contributed by atoms with E-state index in [1.165, 1.54) is 4.90 Å². The Morgan fingerprint density at radius 2 is 2.16 bits per heavy atom. The first-order valence-electron chi connectivity index (χ1n) is 6.14. The number of rotatable bonds is 3. The predicted octanol–water partition coefficient (Wildman–Crippen LogP) is -0.994. The van der Waals surface area contributed by atoms with Gasteiger partial charge in [0.25, 0.3) is 0 Å². The van der Waals surface area contributed by atoms with Gasteiger partial charge in [0.1, 0.15) is 12.1 Å². The van der Waals surface area contributed by atoms with Gasteiger partial charge in [0.15, 0.2) is 0 Å². The Labute approximate surface area is 111 Å². The number of hydrogen-bond donors (Lipinski definition) is 3. The van der Waals surface area contributed by atoms with Gasteiger partial charge in [-0.25, -0.2) is 0 Å². The maximum Gasteiger partial charge on any atom is 0.247 e. The molecule has 6 heteroatoms. The molecular formula is C13H17N3O3. The fourth-order valence-electron chi connectivity index (χ4n) is 2.16. The maximum atomic E-state index is 12.1. The number of hydrogen-bond acceptors (Lipinski definition) is 4. The summed E-state index contributed by atoms with van der Waals surface area (Å²) in [4.78, 5) is 25.6. The average molecular weight is 263 g/mol. The van der Waals surface area contributed by atoms with Gasteiger partial charge >= 0.3 is 0 Å². The van der Waals surface area contributed by atoms with E-state index in [2.05, 4.69) is 5.32 Å². The number of nitrogens with zero attached hydrogens (tertiary/aromatic N) is 1. The van der Waals surface area contributed by atoms with Crippen LogP contribution in [0, 0.1) is 0 Å². The lowest BCUT2D eigenvalue weighted by molar-refractivity contribution is -0.145. The number of piperazine rings is 1. The number of nitrogens with one attached hydrogen (secondary N) is 1. The van der Waals surface area contributed by atoms with E-state index in [1.54, 1.807) is 12.1 Å². The van der Waals surface area contributed by atoms with Crippen molar-refractivity contribution in [3.63, 3.8) is 0 Å². The summed E-state index contributed by atoms with van der Waals surface area (Å²) >= 11 is 0.